The molecule has 8 rings (SSSR count). The first kappa shape index (κ1) is 27.6. The third-order valence-corrected chi connectivity index (χ3v) is 12.0. The quantitative estimate of drug-likeness (QED) is 0.309. The Morgan fingerprint density at radius 2 is 1.58 bits per heavy atom. The largest absolute Gasteiger partial charge is 0.493 e. The van der Waals surface area contributed by atoms with Crippen molar-refractivity contribution in [2.45, 2.75) is 73.7 Å². The number of piperidine rings is 1. The number of hydrogen-bond donors (Lipinski definition) is 0. The van der Waals surface area contributed by atoms with Gasteiger partial charge in [0.1, 0.15) is 12.2 Å². The van der Waals surface area contributed by atoms with E-state index in [4.69, 9.17) is 17.8 Å². The molecule has 2 fully saturated rings. The zero-order valence-corrected chi connectivity index (χ0v) is 25.6. The highest BCUT2D eigenvalue weighted by atomic mass is 32.2. The molecule has 0 amide bonds. The summed E-state index contributed by atoms with van der Waals surface area (Å²) in [5, 5.41) is 0. The van der Waals surface area contributed by atoms with Crippen molar-refractivity contribution < 1.29 is 22.0 Å². The van der Waals surface area contributed by atoms with Crippen LogP contribution in [0.25, 0.3) is 0 Å². The fourth-order valence-electron chi connectivity index (χ4n) is 9.12. The SMILES string of the molecule is COc1ccc2c3c1OC1C(OS(=O)OC4CCC(c5ccccc5)(c5ccccc5)CC4)C=CC4C(C2)N(C)CCC341. The number of nitrogens with zero attached hydrogens (tertiary/aromatic N) is 1. The van der Waals surface area contributed by atoms with Crippen LogP contribution in [0.5, 0.6) is 11.5 Å². The summed E-state index contributed by atoms with van der Waals surface area (Å²) in [5.41, 5.74) is 4.98. The number of likely N-dealkylation sites (N-methyl/N-ethyl adjacent to an activating group) is 1. The van der Waals surface area contributed by atoms with Gasteiger partial charge in [-0.15, -0.1) is 0 Å². The van der Waals surface area contributed by atoms with Gasteiger partial charge in [0, 0.05) is 28.4 Å². The highest BCUT2D eigenvalue weighted by molar-refractivity contribution is 7.75. The predicted molar refractivity (Wildman–Crippen MR) is 166 cm³/mol. The first-order valence-electron chi connectivity index (χ1n) is 15.7. The monoisotopic (exact) mass is 597 g/mol. The number of hydrogen-bond acceptors (Lipinski definition) is 6. The predicted octanol–water partition coefficient (Wildman–Crippen LogP) is 6.05. The molecule has 7 heteroatoms. The summed E-state index contributed by atoms with van der Waals surface area (Å²) in [4.78, 5) is 2.49. The van der Waals surface area contributed by atoms with E-state index in [1.54, 1.807) is 7.11 Å². The van der Waals surface area contributed by atoms with Crippen molar-refractivity contribution in [3.05, 3.63) is 107 Å². The van der Waals surface area contributed by atoms with Gasteiger partial charge in [-0.1, -0.05) is 78.9 Å². The third kappa shape index (κ3) is 4.19. The molecule has 2 heterocycles. The molecule has 43 heavy (non-hydrogen) atoms. The van der Waals surface area contributed by atoms with Gasteiger partial charge in [-0.25, -0.2) is 0 Å². The third-order valence-electron chi connectivity index (χ3n) is 11.2. The van der Waals surface area contributed by atoms with Crippen molar-refractivity contribution in [3.8, 4) is 11.5 Å². The lowest BCUT2D eigenvalue weighted by Gasteiger charge is -2.56. The summed E-state index contributed by atoms with van der Waals surface area (Å²) >= 11 is -1.90. The van der Waals surface area contributed by atoms with Crippen LogP contribution in [0.15, 0.2) is 84.9 Å². The summed E-state index contributed by atoms with van der Waals surface area (Å²) < 4.78 is 38.4. The summed E-state index contributed by atoms with van der Waals surface area (Å²) in [7, 11) is 3.92. The lowest BCUT2D eigenvalue weighted by molar-refractivity contribution is -0.0392. The van der Waals surface area contributed by atoms with Gasteiger partial charge in [0.05, 0.1) is 13.2 Å². The highest BCUT2D eigenvalue weighted by Crippen LogP contribution is 2.62. The Morgan fingerprint density at radius 1 is 0.884 bits per heavy atom. The Bertz CT molecular complexity index is 1510. The van der Waals surface area contributed by atoms with Gasteiger partial charge in [-0.05, 0) is 74.9 Å². The summed E-state index contributed by atoms with van der Waals surface area (Å²) in [5.74, 6) is 1.92. The average Bonchev–Trinajstić information content (AvgIpc) is 3.40. The lowest BCUT2D eigenvalue weighted by atomic mass is 9.53. The van der Waals surface area contributed by atoms with E-state index in [-0.39, 0.29) is 23.0 Å². The maximum Gasteiger partial charge on any atom is 0.305 e. The first-order chi connectivity index (χ1) is 21.0. The second-order valence-corrected chi connectivity index (χ2v) is 13.8. The van der Waals surface area contributed by atoms with Crippen LogP contribution >= 0.6 is 0 Å². The Kier molecular flexibility index (Phi) is 6.79. The van der Waals surface area contributed by atoms with Crippen molar-refractivity contribution in [2.75, 3.05) is 20.7 Å². The van der Waals surface area contributed by atoms with Crippen molar-refractivity contribution in [1.29, 1.82) is 0 Å². The average molecular weight is 598 g/mol. The van der Waals surface area contributed by atoms with Crippen molar-refractivity contribution in [1.82, 2.24) is 4.90 Å². The molecule has 6 nitrogen and oxygen atoms in total. The van der Waals surface area contributed by atoms with E-state index >= 15 is 0 Å². The maximum absolute atomic E-state index is 13.5. The maximum atomic E-state index is 13.5. The molecule has 1 saturated carbocycles. The Labute approximate surface area is 256 Å². The van der Waals surface area contributed by atoms with Crippen LogP contribution in [0.3, 0.4) is 0 Å². The van der Waals surface area contributed by atoms with Gasteiger partial charge in [-0.2, -0.15) is 4.21 Å². The zero-order chi connectivity index (χ0) is 29.2. The van der Waals surface area contributed by atoms with E-state index in [2.05, 4.69) is 90.8 Å². The smallest absolute Gasteiger partial charge is 0.305 e. The van der Waals surface area contributed by atoms with Gasteiger partial charge < -0.3 is 14.4 Å². The molecular weight excluding hydrogens is 558 g/mol. The van der Waals surface area contributed by atoms with E-state index in [1.165, 1.54) is 22.3 Å². The molecule has 2 aliphatic heterocycles. The van der Waals surface area contributed by atoms with Crippen LogP contribution in [0, 0.1) is 5.92 Å². The molecule has 5 aliphatic rings. The Hall–Kier alpha value is -2.97. The number of benzene rings is 3. The molecule has 0 aromatic heterocycles. The summed E-state index contributed by atoms with van der Waals surface area (Å²) in [6.07, 6.45) is 8.93. The van der Waals surface area contributed by atoms with Gasteiger partial charge in [0.25, 0.3) is 0 Å². The van der Waals surface area contributed by atoms with Gasteiger partial charge in [0.15, 0.2) is 11.5 Å². The minimum atomic E-state index is -1.90. The molecule has 0 N–H and O–H groups in total. The minimum absolute atomic E-state index is 0.0725. The van der Waals surface area contributed by atoms with Gasteiger partial charge >= 0.3 is 11.4 Å². The Balaban J connectivity index is 1.01. The fraction of sp³-hybridized carbons (Fsp3) is 0.444. The standard InChI is InChI=1S/C36H39NO5S/c1-37-22-21-36-28-14-16-31(34(36)40-33-30(39-2)15-13-24(32(33)36)23-29(28)37)42-43(38)41-27-17-19-35(20-18-27,25-9-5-3-6-10-25)26-11-7-4-8-12-26/h3-16,27-29,31,34H,17-23H2,1-2H3. The van der Waals surface area contributed by atoms with Crippen LogP contribution in [-0.2, 0) is 37.0 Å². The van der Waals surface area contributed by atoms with Crippen LogP contribution in [-0.4, -0.2) is 54.2 Å². The molecule has 2 bridgehead atoms. The number of likely N-dealkylation sites (tertiary alicyclic amines) is 1. The molecule has 0 radical (unpaired) electrons. The minimum Gasteiger partial charge on any atom is -0.493 e. The molecule has 6 unspecified atom stereocenters. The van der Waals surface area contributed by atoms with Crippen molar-refractivity contribution in [3.63, 3.8) is 0 Å². The molecular formula is C36H39NO5S. The van der Waals surface area contributed by atoms with E-state index in [9.17, 15) is 4.21 Å². The molecule has 1 spiro atoms. The topological polar surface area (TPSA) is 57.2 Å². The van der Waals surface area contributed by atoms with Gasteiger partial charge in [-0.3, -0.25) is 8.37 Å². The summed E-state index contributed by atoms with van der Waals surface area (Å²) in [6.45, 7) is 0.990. The molecule has 224 valence electrons. The van der Waals surface area contributed by atoms with Crippen LogP contribution in [0.4, 0.5) is 0 Å². The number of rotatable bonds is 7. The Morgan fingerprint density at radius 3 is 2.26 bits per heavy atom. The second kappa shape index (κ2) is 10.6. The van der Waals surface area contributed by atoms with E-state index in [0.717, 1.165) is 56.6 Å². The van der Waals surface area contributed by atoms with Crippen molar-refractivity contribution >= 4 is 11.4 Å². The second-order valence-electron chi connectivity index (χ2n) is 13.0. The molecule has 3 aromatic rings. The normalized spacial score (nSPS) is 31.2. The van der Waals surface area contributed by atoms with E-state index < -0.39 is 17.5 Å². The number of methoxy groups -OCH3 is 1. The number of ether oxygens (including phenoxy) is 2. The highest BCUT2D eigenvalue weighted by Gasteiger charge is 2.65. The van der Waals surface area contributed by atoms with Crippen molar-refractivity contribution in [2.24, 2.45) is 5.92 Å². The lowest BCUT2D eigenvalue weighted by Crippen LogP contribution is -2.65. The first-order valence-corrected chi connectivity index (χ1v) is 16.7. The fourth-order valence-corrected chi connectivity index (χ4v) is 9.92. The van der Waals surface area contributed by atoms with E-state index in [0.29, 0.717) is 12.0 Å². The van der Waals surface area contributed by atoms with Crippen LogP contribution < -0.4 is 9.47 Å². The van der Waals surface area contributed by atoms with E-state index in [1.807, 2.05) is 6.07 Å². The zero-order valence-electron chi connectivity index (χ0n) is 24.8. The molecule has 3 aromatic carbocycles. The molecule has 6 atom stereocenters. The van der Waals surface area contributed by atoms with Crippen LogP contribution in [0.1, 0.15) is 54.4 Å². The molecule has 3 aliphatic carbocycles. The summed E-state index contributed by atoms with van der Waals surface area (Å²) in [6, 6.07) is 26.2. The molecule has 1 saturated heterocycles. The van der Waals surface area contributed by atoms with Crippen LogP contribution in [0.2, 0.25) is 0 Å². The van der Waals surface area contributed by atoms with Gasteiger partial charge in [0.2, 0.25) is 0 Å².